The number of hydrogen-bond donors (Lipinski definition) is 0. The van der Waals surface area contributed by atoms with Crippen LogP contribution >= 0.6 is 0 Å². The number of aryl methyl sites for hydroxylation is 1. The van der Waals surface area contributed by atoms with Gasteiger partial charge < -0.3 is 14.5 Å². The molecule has 1 aromatic heterocycles. The minimum Gasteiger partial charge on any atom is -0.494 e. The second-order valence-corrected chi connectivity index (χ2v) is 7.32. The number of azo groups is 1. The molecule has 0 N–H and O–H groups in total. The van der Waals surface area contributed by atoms with Crippen LogP contribution in [0, 0.1) is 27.3 Å². The summed E-state index contributed by atoms with van der Waals surface area (Å²) in [6, 6.07) is 0. The molecule has 3 rings (SSSR count). The van der Waals surface area contributed by atoms with Crippen LogP contribution in [0.25, 0.3) is 4.85 Å². The van der Waals surface area contributed by atoms with Crippen molar-refractivity contribution in [2.24, 2.45) is 10.2 Å². The number of nitrogens with zero attached hydrogens (tertiary/aromatic N) is 6. The van der Waals surface area contributed by atoms with Crippen LogP contribution in [0.3, 0.4) is 0 Å². The molecule has 0 radical (unpaired) electrons. The Morgan fingerprint density at radius 3 is 2.50 bits per heavy atom. The molecule has 0 aliphatic carbocycles. The van der Waals surface area contributed by atoms with Gasteiger partial charge in [-0.1, -0.05) is 11.7 Å². The number of fused-ring (bicyclic) bond motifs is 1. The normalized spacial score (nSPS) is 14.2. The molecular formula is C20H23F3N6O. The third-order valence-corrected chi connectivity index (χ3v) is 5.28. The molecule has 0 bridgehead atoms. The number of rotatable bonds is 4. The van der Waals surface area contributed by atoms with Gasteiger partial charge in [0.1, 0.15) is 5.75 Å². The third-order valence-electron chi connectivity index (χ3n) is 5.28. The van der Waals surface area contributed by atoms with Crippen molar-refractivity contribution in [1.82, 2.24) is 9.55 Å². The van der Waals surface area contributed by atoms with Crippen molar-refractivity contribution in [3.8, 4) is 5.75 Å². The smallest absolute Gasteiger partial charge is 0.425 e. The summed E-state index contributed by atoms with van der Waals surface area (Å²) < 4.78 is 45.4. The van der Waals surface area contributed by atoms with Gasteiger partial charge in [-0.3, -0.25) is 0 Å². The fourth-order valence-electron chi connectivity index (χ4n) is 3.93. The van der Waals surface area contributed by atoms with Crippen LogP contribution in [0.15, 0.2) is 10.2 Å². The minimum absolute atomic E-state index is 0.182. The van der Waals surface area contributed by atoms with Gasteiger partial charge in [-0.15, -0.1) is 5.11 Å². The molecule has 1 aliphatic rings. The van der Waals surface area contributed by atoms with Crippen molar-refractivity contribution in [3.63, 3.8) is 0 Å². The zero-order valence-electron chi connectivity index (χ0n) is 17.6. The van der Waals surface area contributed by atoms with E-state index in [1.54, 1.807) is 7.11 Å². The van der Waals surface area contributed by atoms with Crippen molar-refractivity contribution in [3.05, 3.63) is 33.8 Å². The van der Waals surface area contributed by atoms with Crippen molar-refractivity contribution in [1.29, 1.82) is 0 Å². The van der Waals surface area contributed by atoms with Crippen molar-refractivity contribution in [2.75, 3.05) is 25.6 Å². The SMILES string of the molecule is [C-]#[N+]c1c(C)nc(N=Nc2c(C)c3c(c(OC)c2C)N(C)CCC3)n1CC(F)(F)F. The highest BCUT2D eigenvalue weighted by Gasteiger charge is 2.34. The van der Waals surface area contributed by atoms with Gasteiger partial charge in [0.15, 0.2) is 6.54 Å². The van der Waals surface area contributed by atoms with E-state index in [0.29, 0.717) is 11.4 Å². The maximum absolute atomic E-state index is 13.0. The van der Waals surface area contributed by atoms with Crippen LogP contribution < -0.4 is 9.64 Å². The molecule has 10 heteroatoms. The van der Waals surface area contributed by atoms with Gasteiger partial charge in [0.05, 0.1) is 24.2 Å². The second kappa shape index (κ2) is 7.97. The fraction of sp³-hybridized carbons (Fsp3) is 0.500. The summed E-state index contributed by atoms with van der Waals surface area (Å²) in [6.07, 6.45) is -2.67. The molecule has 1 aliphatic heterocycles. The van der Waals surface area contributed by atoms with Gasteiger partial charge in [-0.25, -0.2) is 9.55 Å². The first-order valence-electron chi connectivity index (χ1n) is 9.43. The highest BCUT2D eigenvalue weighted by atomic mass is 19.4. The molecule has 0 unspecified atom stereocenters. The topological polar surface area (TPSA) is 59.4 Å². The number of aromatic nitrogens is 2. The number of hydrogen-bond acceptors (Lipinski definition) is 5. The Balaban J connectivity index is 2.13. The Kier molecular flexibility index (Phi) is 5.74. The number of halogens is 3. The maximum Gasteiger partial charge on any atom is 0.425 e. The van der Waals surface area contributed by atoms with Crippen LogP contribution in [0.1, 0.15) is 28.8 Å². The van der Waals surface area contributed by atoms with Gasteiger partial charge in [-0.05, 0) is 44.7 Å². The minimum atomic E-state index is -4.51. The lowest BCUT2D eigenvalue weighted by molar-refractivity contribution is -0.139. The zero-order valence-corrected chi connectivity index (χ0v) is 17.6. The highest BCUT2D eigenvalue weighted by Crippen LogP contribution is 2.46. The van der Waals surface area contributed by atoms with Crippen molar-refractivity contribution in [2.45, 2.75) is 46.3 Å². The molecule has 2 aromatic rings. The van der Waals surface area contributed by atoms with E-state index in [1.165, 1.54) is 6.92 Å². The summed E-state index contributed by atoms with van der Waals surface area (Å²) in [7, 11) is 3.59. The molecule has 0 atom stereocenters. The van der Waals surface area contributed by atoms with E-state index in [2.05, 4.69) is 25.0 Å². The molecule has 1 aromatic carbocycles. The number of alkyl halides is 3. The van der Waals surface area contributed by atoms with E-state index in [9.17, 15) is 13.2 Å². The summed E-state index contributed by atoms with van der Waals surface area (Å²) >= 11 is 0. The molecule has 0 spiro atoms. The monoisotopic (exact) mass is 420 g/mol. The average molecular weight is 420 g/mol. The Morgan fingerprint density at radius 2 is 1.90 bits per heavy atom. The second-order valence-electron chi connectivity index (χ2n) is 7.32. The Morgan fingerprint density at radius 1 is 1.20 bits per heavy atom. The largest absolute Gasteiger partial charge is 0.494 e. The first-order chi connectivity index (χ1) is 14.1. The molecule has 7 nitrogen and oxygen atoms in total. The van der Waals surface area contributed by atoms with Crippen LogP contribution in [0.4, 0.5) is 36.3 Å². The summed E-state index contributed by atoms with van der Waals surface area (Å²) in [6.45, 7) is 12.0. The molecule has 160 valence electrons. The molecule has 2 heterocycles. The van der Waals surface area contributed by atoms with Crippen molar-refractivity contribution < 1.29 is 17.9 Å². The standard InChI is InChI=1S/C20H23F3N6O/c1-11-14-8-7-9-28(5)16(14)17(30-6)12(2)15(11)26-27-19-25-13(3)18(24-4)29(19)10-20(21,22)23/h7-10H2,1-3,5-6H3. The van der Waals surface area contributed by atoms with E-state index in [4.69, 9.17) is 11.3 Å². The molecule has 30 heavy (non-hydrogen) atoms. The predicted octanol–water partition coefficient (Wildman–Crippen LogP) is 5.73. The van der Waals surface area contributed by atoms with Gasteiger partial charge >= 0.3 is 12.1 Å². The molecule has 0 saturated heterocycles. The van der Waals surface area contributed by atoms with E-state index < -0.39 is 12.7 Å². The Bertz CT molecular complexity index is 1030. The summed E-state index contributed by atoms with van der Waals surface area (Å²) in [5.41, 5.74) is 4.50. The number of imidazole rings is 1. The lowest BCUT2D eigenvalue weighted by Gasteiger charge is -2.32. The highest BCUT2D eigenvalue weighted by molar-refractivity contribution is 5.77. The van der Waals surface area contributed by atoms with Crippen LogP contribution in [-0.2, 0) is 13.0 Å². The Labute approximate surface area is 173 Å². The number of ether oxygens (including phenoxy) is 1. The van der Waals surface area contributed by atoms with Crippen molar-refractivity contribution >= 4 is 23.1 Å². The van der Waals surface area contributed by atoms with Gasteiger partial charge in [0, 0.05) is 19.2 Å². The molecule has 0 fully saturated rings. The molecular weight excluding hydrogens is 397 g/mol. The predicted molar refractivity (Wildman–Crippen MR) is 108 cm³/mol. The number of benzene rings is 1. The van der Waals surface area contributed by atoms with Gasteiger partial charge in [0.25, 0.3) is 5.82 Å². The van der Waals surface area contributed by atoms with Gasteiger partial charge in [0.2, 0.25) is 0 Å². The third kappa shape index (κ3) is 3.84. The lowest BCUT2D eigenvalue weighted by atomic mass is 9.92. The van der Waals surface area contributed by atoms with Crippen LogP contribution in [0.2, 0.25) is 0 Å². The fourth-order valence-corrected chi connectivity index (χ4v) is 3.93. The van der Waals surface area contributed by atoms with E-state index in [1.807, 2.05) is 20.9 Å². The first kappa shape index (κ1) is 21.6. The van der Waals surface area contributed by atoms with E-state index in [-0.39, 0.29) is 17.5 Å². The molecule has 0 amide bonds. The zero-order chi connectivity index (χ0) is 22.2. The number of methoxy groups -OCH3 is 1. The quantitative estimate of drug-likeness (QED) is 0.469. The summed E-state index contributed by atoms with van der Waals surface area (Å²) in [5, 5.41) is 8.29. The van der Waals surface area contributed by atoms with Crippen LogP contribution in [0.5, 0.6) is 5.75 Å². The van der Waals surface area contributed by atoms with Gasteiger partial charge in [-0.2, -0.15) is 13.2 Å². The van der Waals surface area contributed by atoms with Crippen LogP contribution in [-0.4, -0.2) is 36.4 Å². The number of anilines is 1. The maximum atomic E-state index is 13.0. The summed E-state index contributed by atoms with van der Waals surface area (Å²) in [4.78, 5) is 9.35. The van der Waals surface area contributed by atoms with E-state index >= 15 is 0 Å². The molecule has 0 saturated carbocycles. The van der Waals surface area contributed by atoms with E-state index in [0.717, 1.165) is 46.3 Å². The lowest BCUT2D eigenvalue weighted by Crippen LogP contribution is -2.26. The average Bonchev–Trinajstić information content (AvgIpc) is 2.95. The Hall–Kier alpha value is -3.09. The summed E-state index contributed by atoms with van der Waals surface area (Å²) in [5.74, 6) is 0.242. The first-order valence-corrected chi connectivity index (χ1v) is 9.43.